The summed E-state index contributed by atoms with van der Waals surface area (Å²) in [5, 5.41) is 11.0. The van der Waals surface area contributed by atoms with Gasteiger partial charge in [-0.2, -0.15) is 0 Å². The molecule has 2 fully saturated rings. The van der Waals surface area contributed by atoms with E-state index in [1.54, 1.807) is 18.0 Å². The fourth-order valence-electron chi connectivity index (χ4n) is 4.38. The number of nitrogens with two attached hydrogens (primary N) is 2. The number of likely N-dealkylation sites (tertiary alicyclic amines) is 1. The Bertz CT molecular complexity index is 1090. The van der Waals surface area contributed by atoms with E-state index >= 15 is 0 Å². The monoisotopic (exact) mass is 484 g/mol. The molecule has 4 heterocycles. The van der Waals surface area contributed by atoms with E-state index in [1.807, 2.05) is 4.57 Å². The predicted molar refractivity (Wildman–Crippen MR) is 135 cm³/mol. The zero-order valence-electron chi connectivity index (χ0n) is 20.7. The topological polar surface area (TPSA) is 165 Å². The van der Waals surface area contributed by atoms with Gasteiger partial charge in [-0.15, -0.1) is 0 Å². The van der Waals surface area contributed by atoms with Crippen LogP contribution in [0.5, 0.6) is 0 Å². The van der Waals surface area contributed by atoms with E-state index < -0.39 is 12.3 Å². The summed E-state index contributed by atoms with van der Waals surface area (Å²) in [4.78, 5) is 34.5. The van der Waals surface area contributed by atoms with Gasteiger partial charge in [-0.25, -0.2) is 9.97 Å². The molecule has 2 aromatic rings. The first-order valence-electron chi connectivity index (χ1n) is 12.1. The maximum atomic E-state index is 12.8. The number of piperidine rings is 1. The second kappa shape index (κ2) is 11.8. The van der Waals surface area contributed by atoms with Gasteiger partial charge in [0, 0.05) is 49.7 Å². The van der Waals surface area contributed by atoms with Crippen LogP contribution in [0.15, 0.2) is 18.6 Å². The van der Waals surface area contributed by atoms with Crippen molar-refractivity contribution in [1.29, 1.82) is 5.41 Å². The highest BCUT2D eigenvalue weighted by Gasteiger charge is 2.34. The van der Waals surface area contributed by atoms with Gasteiger partial charge < -0.3 is 36.4 Å². The number of anilines is 1. The van der Waals surface area contributed by atoms with Crippen LogP contribution in [0.3, 0.4) is 0 Å². The van der Waals surface area contributed by atoms with Crippen LogP contribution < -0.4 is 16.8 Å². The van der Waals surface area contributed by atoms with Gasteiger partial charge >= 0.3 is 0 Å². The second-order valence-corrected chi connectivity index (χ2v) is 8.85. The quantitative estimate of drug-likeness (QED) is 0.472. The van der Waals surface area contributed by atoms with Gasteiger partial charge in [-0.1, -0.05) is 20.3 Å². The third-order valence-electron chi connectivity index (χ3n) is 6.10. The molecule has 0 bridgehead atoms. The van der Waals surface area contributed by atoms with Crippen molar-refractivity contribution in [3.8, 4) is 0 Å². The Balaban J connectivity index is 0.00000108. The maximum absolute atomic E-state index is 12.8. The summed E-state index contributed by atoms with van der Waals surface area (Å²) in [5.41, 5.74) is 13.8. The average Bonchev–Trinajstić information content (AvgIpc) is 3.46. The minimum absolute atomic E-state index is 0.0401. The van der Waals surface area contributed by atoms with E-state index in [1.165, 1.54) is 18.8 Å². The number of hydrogen-bond donors (Lipinski definition) is 4. The standard InChI is InChI=1S/C21H28N8O3.C3H8/c1-12(30)28-8-5-13(6-9-28)27-21(31)16-2-3-17(32-16)29-10-14(15(23)4-7-22)18-19(24)25-11-26-20(18)29;1-3-2/h4,7,10-11,13,16-17,22H,2-3,5-6,8-9,23H2,1H3,(H,27,31)(H2,24,25,26);3H2,1-2H3/b15-4-,22-7?;. The SMILES string of the molecule is CC(=O)N1CCC(NC(=O)C2CCC(n3cc(/C(N)=C/C=N)c4c(N)ncnc43)O2)CC1.CCC. The first-order chi connectivity index (χ1) is 16.8. The van der Waals surface area contributed by atoms with Crippen molar-refractivity contribution >= 4 is 40.6 Å². The van der Waals surface area contributed by atoms with E-state index in [-0.39, 0.29) is 23.7 Å². The molecule has 11 heteroatoms. The lowest BCUT2D eigenvalue weighted by Crippen LogP contribution is -2.48. The molecule has 190 valence electrons. The summed E-state index contributed by atoms with van der Waals surface area (Å²) in [6, 6.07) is 0.0401. The van der Waals surface area contributed by atoms with Gasteiger partial charge in [0.05, 0.1) is 5.39 Å². The minimum atomic E-state index is -0.569. The lowest BCUT2D eigenvalue weighted by molar-refractivity contribution is -0.135. The van der Waals surface area contributed by atoms with Crippen molar-refractivity contribution < 1.29 is 14.3 Å². The Morgan fingerprint density at radius 1 is 1.23 bits per heavy atom. The Labute approximate surface area is 205 Å². The number of nitrogen functional groups attached to an aromatic ring is 1. The summed E-state index contributed by atoms with van der Waals surface area (Å²) in [5.74, 6) is 0.215. The number of nitrogens with zero attached hydrogens (tertiary/aromatic N) is 4. The van der Waals surface area contributed by atoms with Crippen molar-refractivity contribution in [2.45, 2.75) is 71.2 Å². The van der Waals surface area contributed by atoms with E-state index in [0.29, 0.717) is 48.2 Å². The molecule has 0 aromatic carbocycles. The number of ether oxygens (including phenoxy) is 1. The van der Waals surface area contributed by atoms with E-state index in [2.05, 4.69) is 29.1 Å². The molecule has 0 radical (unpaired) electrons. The summed E-state index contributed by atoms with van der Waals surface area (Å²) >= 11 is 0. The molecule has 2 saturated heterocycles. The molecule has 2 aliphatic heterocycles. The molecular formula is C24H36N8O3. The highest BCUT2D eigenvalue weighted by molar-refractivity contribution is 5.99. The van der Waals surface area contributed by atoms with Crippen molar-refractivity contribution in [1.82, 2.24) is 24.8 Å². The zero-order chi connectivity index (χ0) is 25.5. The van der Waals surface area contributed by atoms with E-state index in [9.17, 15) is 9.59 Å². The van der Waals surface area contributed by atoms with Crippen LogP contribution in [0, 0.1) is 5.41 Å². The lowest BCUT2D eigenvalue weighted by Gasteiger charge is -2.32. The molecule has 2 aliphatic rings. The number of rotatable bonds is 5. The average molecular weight is 485 g/mol. The number of carbonyl (C=O) groups excluding carboxylic acids is 2. The molecule has 0 saturated carbocycles. The normalized spacial score (nSPS) is 20.9. The number of carbonyl (C=O) groups is 2. The van der Waals surface area contributed by atoms with Crippen LogP contribution in [0.2, 0.25) is 0 Å². The van der Waals surface area contributed by atoms with Gasteiger partial charge in [-0.05, 0) is 31.8 Å². The van der Waals surface area contributed by atoms with Gasteiger partial charge in [-0.3, -0.25) is 9.59 Å². The molecule has 2 atom stereocenters. The highest BCUT2D eigenvalue weighted by Crippen LogP contribution is 2.35. The van der Waals surface area contributed by atoms with Crippen LogP contribution in [0.4, 0.5) is 5.82 Å². The summed E-state index contributed by atoms with van der Waals surface area (Å²) in [6.07, 6.45) is 8.69. The molecule has 0 spiro atoms. The van der Waals surface area contributed by atoms with Crippen LogP contribution in [0.1, 0.15) is 64.7 Å². The predicted octanol–water partition coefficient (Wildman–Crippen LogP) is 2.18. The highest BCUT2D eigenvalue weighted by atomic mass is 16.5. The lowest BCUT2D eigenvalue weighted by atomic mass is 10.0. The second-order valence-electron chi connectivity index (χ2n) is 8.85. The third-order valence-corrected chi connectivity index (χ3v) is 6.10. The van der Waals surface area contributed by atoms with Crippen LogP contribution >= 0.6 is 0 Å². The van der Waals surface area contributed by atoms with Crippen molar-refractivity contribution in [2.75, 3.05) is 18.8 Å². The Morgan fingerprint density at radius 2 is 1.91 bits per heavy atom. The summed E-state index contributed by atoms with van der Waals surface area (Å²) in [6.45, 7) is 7.12. The first-order valence-corrected chi connectivity index (χ1v) is 12.1. The Hall–Kier alpha value is -3.47. The molecule has 2 amide bonds. The molecule has 4 rings (SSSR count). The number of fused-ring (bicyclic) bond motifs is 1. The van der Waals surface area contributed by atoms with E-state index in [0.717, 1.165) is 19.1 Å². The van der Waals surface area contributed by atoms with Gasteiger partial charge in [0.25, 0.3) is 0 Å². The minimum Gasteiger partial charge on any atom is -0.398 e. The van der Waals surface area contributed by atoms with Crippen LogP contribution in [-0.2, 0) is 14.3 Å². The Morgan fingerprint density at radius 3 is 2.54 bits per heavy atom. The fourth-order valence-corrected chi connectivity index (χ4v) is 4.38. The Kier molecular flexibility index (Phi) is 8.80. The molecule has 0 aliphatic carbocycles. The molecule has 2 unspecified atom stereocenters. The van der Waals surface area contributed by atoms with Gasteiger partial charge in [0.1, 0.15) is 30.1 Å². The van der Waals surface area contributed by atoms with Crippen molar-refractivity contribution in [3.63, 3.8) is 0 Å². The van der Waals surface area contributed by atoms with Gasteiger partial charge in [0.2, 0.25) is 11.8 Å². The molecule has 2 aromatic heterocycles. The molecular weight excluding hydrogens is 448 g/mol. The number of allylic oxidation sites excluding steroid dienone is 1. The third kappa shape index (κ3) is 5.97. The number of amides is 2. The van der Waals surface area contributed by atoms with Crippen LogP contribution in [0.25, 0.3) is 16.7 Å². The fraction of sp³-hybridized carbons (Fsp3) is 0.542. The maximum Gasteiger partial charge on any atom is 0.249 e. The van der Waals surface area contributed by atoms with E-state index in [4.69, 9.17) is 21.6 Å². The first kappa shape index (κ1) is 26.1. The molecule has 11 nitrogen and oxygen atoms in total. The summed E-state index contributed by atoms with van der Waals surface area (Å²) in [7, 11) is 0. The molecule has 35 heavy (non-hydrogen) atoms. The number of nitrogens with one attached hydrogen (secondary N) is 2. The van der Waals surface area contributed by atoms with Crippen LogP contribution in [-0.4, -0.2) is 62.7 Å². The van der Waals surface area contributed by atoms with Crippen molar-refractivity contribution in [3.05, 3.63) is 24.2 Å². The smallest absolute Gasteiger partial charge is 0.249 e. The van der Waals surface area contributed by atoms with Gasteiger partial charge in [0.15, 0.2) is 0 Å². The number of hydrogen-bond acceptors (Lipinski definition) is 8. The number of aromatic nitrogens is 3. The zero-order valence-corrected chi connectivity index (χ0v) is 20.7. The molecule has 6 N–H and O–H groups in total. The summed E-state index contributed by atoms with van der Waals surface area (Å²) < 4.78 is 7.92. The van der Waals surface area contributed by atoms with Crippen molar-refractivity contribution in [2.24, 2.45) is 5.73 Å². The largest absolute Gasteiger partial charge is 0.398 e.